The zero-order valence-corrected chi connectivity index (χ0v) is 22.4. The first-order valence-electron chi connectivity index (χ1n) is 13.4. The van der Waals surface area contributed by atoms with Crippen LogP contribution in [-0.2, 0) is 28.6 Å². The first kappa shape index (κ1) is 32.3. The van der Waals surface area contributed by atoms with E-state index in [-0.39, 0.29) is 12.5 Å². The molecule has 1 N–H and O–H groups in total. The van der Waals surface area contributed by atoms with Crippen molar-refractivity contribution in [2.24, 2.45) is 0 Å². The third kappa shape index (κ3) is 24.2. The van der Waals surface area contributed by atoms with Gasteiger partial charge in [-0.05, 0) is 33.1 Å². The summed E-state index contributed by atoms with van der Waals surface area (Å²) in [5, 5.41) is 2.90. The fourth-order valence-corrected chi connectivity index (χ4v) is 4.25. The fourth-order valence-electron chi connectivity index (χ4n) is 3.69. The minimum absolute atomic E-state index is 0.00847. The van der Waals surface area contributed by atoms with Crippen molar-refractivity contribution in [2.45, 2.75) is 142 Å². The highest BCUT2D eigenvalue weighted by Crippen LogP contribution is 2.13. The number of rotatable bonds is 25. The Bertz CT molecular complexity index is 541. The molecule has 8 heteroatoms. The van der Waals surface area contributed by atoms with E-state index in [0.29, 0.717) is 25.8 Å². The molecule has 1 atom stereocenters. The lowest BCUT2D eigenvalue weighted by molar-refractivity contribution is -0.243. The number of amides is 1. The van der Waals surface area contributed by atoms with Crippen LogP contribution in [0.25, 0.3) is 0 Å². The average Bonchev–Trinajstić information content (AvgIpc) is 2.78. The average molecular weight is 494 g/mol. The highest BCUT2D eigenvalue weighted by molar-refractivity contribution is 7.81. The van der Waals surface area contributed by atoms with Gasteiger partial charge in [0.25, 0.3) is 0 Å². The Kier molecular flexibility index (Phi) is 22.6. The molecular formula is C25H51NO6S. The minimum Gasteiger partial charge on any atom is -0.356 e. The third-order valence-electron chi connectivity index (χ3n) is 5.67. The van der Waals surface area contributed by atoms with E-state index in [4.69, 9.17) is 4.89 Å². The summed E-state index contributed by atoms with van der Waals surface area (Å²) in [5.74, 6) is 0.0773. The van der Waals surface area contributed by atoms with Crippen molar-refractivity contribution in [1.29, 1.82) is 0 Å². The Morgan fingerprint density at radius 3 is 1.73 bits per heavy atom. The monoisotopic (exact) mass is 493 g/mol. The summed E-state index contributed by atoms with van der Waals surface area (Å²) in [6, 6.07) is 0. The molecule has 0 saturated heterocycles. The van der Waals surface area contributed by atoms with Gasteiger partial charge in [-0.2, -0.15) is 8.42 Å². The zero-order valence-electron chi connectivity index (χ0n) is 21.6. The molecule has 0 aliphatic rings. The molecule has 0 heterocycles. The molecule has 0 fully saturated rings. The molecular weight excluding hydrogens is 442 g/mol. The summed E-state index contributed by atoms with van der Waals surface area (Å²) < 4.78 is 31.1. The molecule has 0 bridgehead atoms. The Hall–Kier alpha value is -0.700. The molecule has 0 rings (SSSR count). The topological polar surface area (TPSA) is 90.9 Å². The van der Waals surface area contributed by atoms with Gasteiger partial charge in [0.15, 0.2) is 0 Å². The number of nitrogens with one attached hydrogen (secondary N) is 1. The van der Waals surface area contributed by atoms with Crippen LogP contribution in [-0.4, -0.2) is 33.6 Å². The van der Waals surface area contributed by atoms with Crippen molar-refractivity contribution in [1.82, 2.24) is 5.32 Å². The van der Waals surface area contributed by atoms with Crippen LogP contribution in [0.2, 0.25) is 0 Å². The van der Waals surface area contributed by atoms with Crippen LogP contribution in [0.3, 0.4) is 0 Å². The molecule has 1 amide bonds. The number of unbranched alkanes of at least 4 members (excludes halogenated alkanes) is 14. The van der Waals surface area contributed by atoms with Gasteiger partial charge in [0, 0.05) is 13.0 Å². The van der Waals surface area contributed by atoms with E-state index >= 15 is 0 Å². The van der Waals surface area contributed by atoms with Crippen LogP contribution in [0.4, 0.5) is 0 Å². The molecule has 0 aromatic rings. The van der Waals surface area contributed by atoms with E-state index in [9.17, 15) is 13.2 Å². The Morgan fingerprint density at radius 2 is 1.24 bits per heavy atom. The summed E-state index contributed by atoms with van der Waals surface area (Å²) >= 11 is 0. The summed E-state index contributed by atoms with van der Waals surface area (Å²) in [4.78, 5) is 16.7. The van der Waals surface area contributed by atoms with E-state index < -0.39 is 16.5 Å². The highest BCUT2D eigenvalue weighted by atomic mass is 32.3. The van der Waals surface area contributed by atoms with Gasteiger partial charge in [-0.3, -0.25) is 4.79 Å². The molecule has 7 nitrogen and oxygen atoms in total. The lowest BCUT2D eigenvalue weighted by atomic mass is 10.0. The second-order valence-corrected chi connectivity index (χ2v) is 10.2. The van der Waals surface area contributed by atoms with Gasteiger partial charge in [-0.1, -0.05) is 101 Å². The van der Waals surface area contributed by atoms with Crippen molar-refractivity contribution in [2.75, 3.05) is 13.2 Å². The maximum absolute atomic E-state index is 11.9. The van der Waals surface area contributed by atoms with Crippen molar-refractivity contribution >= 4 is 16.3 Å². The predicted octanol–water partition coefficient (Wildman–Crippen LogP) is 6.76. The van der Waals surface area contributed by atoms with Crippen molar-refractivity contribution in [3.8, 4) is 0 Å². The molecule has 33 heavy (non-hydrogen) atoms. The Labute approximate surface area is 204 Å². The Balaban J connectivity index is 3.36. The molecule has 1 unspecified atom stereocenters. The highest BCUT2D eigenvalue weighted by Gasteiger charge is 2.14. The second-order valence-electron chi connectivity index (χ2n) is 8.98. The van der Waals surface area contributed by atoms with Crippen LogP contribution in [0.1, 0.15) is 136 Å². The van der Waals surface area contributed by atoms with E-state index in [1.165, 1.54) is 83.5 Å². The minimum atomic E-state index is -4.09. The molecule has 0 aliphatic heterocycles. The van der Waals surface area contributed by atoms with Gasteiger partial charge in [0.2, 0.25) is 5.91 Å². The first-order valence-corrected chi connectivity index (χ1v) is 14.8. The molecule has 0 aromatic carbocycles. The maximum atomic E-state index is 11.9. The van der Waals surface area contributed by atoms with Crippen LogP contribution < -0.4 is 5.32 Å². The van der Waals surface area contributed by atoms with Crippen molar-refractivity contribution < 1.29 is 26.6 Å². The lowest BCUT2D eigenvalue weighted by Gasteiger charge is -2.11. The quantitative estimate of drug-likeness (QED) is 0.0858. The summed E-state index contributed by atoms with van der Waals surface area (Å²) in [6.45, 7) is 6.06. The summed E-state index contributed by atoms with van der Waals surface area (Å²) in [5.41, 5.74) is 0. The predicted molar refractivity (Wildman–Crippen MR) is 134 cm³/mol. The second kappa shape index (κ2) is 23.1. The largest absolute Gasteiger partial charge is 0.426 e. The van der Waals surface area contributed by atoms with E-state index in [0.717, 1.165) is 12.8 Å². The number of hydrogen-bond acceptors (Lipinski definition) is 6. The first-order chi connectivity index (χ1) is 15.9. The van der Waals surface area contributed by atoms with Crippen LogP contribution in [0.5, 0.6) is 0 Å². The van der Waals surface area contributed by atoms with Gasteiger partial charge in [-0.15, -0.1) is 0 Å². The maximum Gasteiger partial charge on any atom is 0.426 e. The lowest BCUT2D eigenvalue weighted by Crippen LogP contribution is -2.25. The SMILES string of the molecule is CCCCCCCCCCCCCCCCCC(=O)NCCCC(C)OOS(=O)(=O)OCC. The van der Waals surface area contributed by atoms with Gasteiger partial charge >= 0.3 is 10.4 Å². The number of carbonyl (C=O) groups excluding carboxylic acids is 1. The van der Waals surface area contributed by atoms with Gasteiger partial charge in [-0.25, -0.2) is 9.07 Å². The van der Waals surface area contributed by atoms with E-state index in [1.807, 2.05) is 0 Å². The van der Waals surface area contributed by atoms with Crippen LogP contribution in [0.15, 0.2) is 0 Å². The molecule has 0 radical (unpaired) electrons. The summed E-state index contributed by atoms with van der Waals surface area (Å²) in [6.07, 6.45) is 21.1. The van der Waals surface area contributed by atoms with E-state index in [2.05, 4.69) is 20.8 Å². The van der Waals surface area contributed by atoms with Crippen LogP contribution in [0, 0.1) is 0 Å². The van der Waals surface area contributed by atoms with Gasteiger partial charge in [0.05, 0.1) is 12.7 Å². The smallest absolute Gasteiger partial charge is 0.356 e. The van der Waals surface area contributed by atoms with E-state index in [1.54, 1.807) is 13.8 Å². The standard InChI is InChI=1S/C25H51NO6S/c1-4-6-7-8-9-10-11-12-13-14-15-16-17-18-19-22-25(27)26-23-20-21-24(3)31-32-33(28,29)30-5-2/h24H,4-23H2,1-3H3,(H,26,27). The molecule has 0 aromatic heterocycles. The van der Waals surface area contributed by atoms with Gasteiger partial charge in [0.1, 0.15) is 0 Å². The zero-order chi connectivity index (χ0) is 24.6. The number of carbonyl (C=O) groups is 1. The van der Waals surface area contributed by atoms with Crippen molar-refractivity contribution in [3.05, 3.63) is 0 Å². The fraction of sp³-hybridized carbons (Fsp3) is 0.960. The molecule has 0 aliphatic carbocycles. The molecule has 198 valence electrons. The van der Waals surface area contributed by atoms with Crippen molar-refractivity contribution in [3.63, 3.8) is 0 Å². The third-order valence-corrected chi connectivity index (χ3v) is 6.44. The molecule has 0 spiro atoms. The molecule has 0 saturated carbocycles. The normalized spacial score (nSPS) is 12.7. The Morgan fingerprint density at radius 1 is 0.758 bits per heavy atom. The summed E-state index contributed by atoms with van der Waals surface area (Å²) in [7, 11) is -4.09. The number of hydrogen-bond donors (Lipinski definition) is 1. The van der Waals surface area contributed by atoms with Crippen LogP contribution >= 0.6 is 0 Å². The van der Waals surface area contributed by atoms with Gasteiger partial charge < -0.3 is 5.32 Å².